The summed E-state index contributed by atoms with van der Waals surface area (Å²) in [6.45, 7) is 1.26. The molecule has 2 aromatic rings. The first-order valence-corrected chi connectivity index (χ1v) is 7.58. The van der Waals surface area contributed by atoms with Crippen LogP contribution in [-0.4, -0.2) is 35.7 Å². The van der Waals surface area contributed by atoms with E-state index in [9.17, 15) is 4.79 Å². The summed E-state index contributed by atoms with van der Waals surface area (Å²) in [7, 11) is 1.73. The van der Waals surface area contributed by atoms with Crippen LogP contribution in [0.1, 0.15) is 23.6 Å². The fraction of sp³-hybridized carbons (Fsp3) is 0.312. The molecule has 7 nitrogen and oxygen atoms in total. The van der Waals surface area contributed by atoms with Crippen molar-refractivity contribution in [1.82, 2.24) is 20.8 Å². The summed E-state index contributed by atoms with van der Waals surface area (Å²) in [5.41, 5.74) is 3.04. The Kier molecular flexibility index (Phi) is 6.59. The molecule has 1 atom stereocenters. The molecule has 1 unspecified atom stereocenters. The highest BCUT2D eigenvalue weighted by molar-refractivity contribution is 14.0. The first-order valence-electron chi connectivity index (χ1n) is 7.58. The van der Waals surface area contributed by atoms with Crippen molar-refractivity contribution in [2.75, 3.05) is 18.9 Å². The highest BCUT2D eigenvalue weighted by Crippen LogP contribution is 2.31. The molecule has 4 N–H and O–H groups in total. The van der Waals surface area contributed by atoms with Crippen molar-refractivity contribution < 1.29 is 4.79 Å². The van der Waals surface area contributed by atoms with E-state index in [-0.39, 0.29) is 35.8 Å². The molecule has 0 fully saturated rings. The van der Waals surface area contributed by atoms with Crippen LogP contribution in [0.3, 0.4) is 0 Å². The van der Waals surface area contributed by atoms with Gasteiger partial charge < -0.3 is 16.0 Å². The summed E-state index contributed by atoms with van der Waals surface area (Å²) in [6.07, 6.45) is 2.19. The molecule has 24 heavy (non-hydrogen) atoms. The molecule has 0 radical (unpaired) electrons. The topological polar surface area (TPSA) is 94.2 Å². The molecule has 0 aliphatic carbocycles. The second-order valence-electron chi connectivity index (χ2n) is 5.43. The van der Waals surface area contributed by atoms with Gasteiger partial charge in [0.25, 0.3) is 0 Å². The van der Waals surface area contributed by atoms with Gasteiger partial charge in [-0.05, 0) is 17.7 Å². The molecule has 0 bridgehead atoms. The lowest BCUT2D eigenvalue weighted by Crippen LogP contribution is -2.40. The van der Waals surface area contributed by atoms with Crippen LogP contribution >= 0.6 is 24.0 Å². The zero-order valence-corrected chi connectivity index (χ0v) is 15.7. The van der Waals surface area contributed by atoms with Crippen LogP contribution in [0.5, 0.6) is 0 Å². The molecule has 1 amide bonds. The van der Waals surface area contributed by atoms with Crippen LogP contribution in [0.25, 0.3) is 0 Å². The van der Waals surface area contributed by atoms with E-state index < -0.39 is 0 Å². The summed E-state index contributed by atoms with van der Waals surface area (Å²) < 4.78 is 0. The molecule has 2 heterocycles. The van der Waals surface area contributed by atoms with Crippen LogP contribution < -0.4 is 16.0 Å². The van der Waals surface area contributed by atoms with E-state index in [1.807, 2.05) is 24.3 Å². The van der Waals surface area contributed by atoms with E-state index in [1.165, 1.54) is 0 Å². The fourth-order valence-electron chi connectivity index (χ4n) is 2.69. The maximum atomic E-state index is 11.8. The summed E-state index contributed by atoms with van der Waals surface area (Å²) in [5.74, 6) is 0.879. The van der Waals surface area contributed by atoms with Crippen LogP contribution in [0.15, 0.2) is 41.5 Å². The van der Waals surface area contributed by atoms with E-state index in [0.29, 0.717) is 25.5 Å². The number of amides is 1. The molecule has 1 aromatic heterocycles. The van der Waals surface area contributed by atoms with E-state index in [4.69, 9.17) is 0 Å². The fourth-order valence-corrected chi connectivity index (χ4v) is 2.69. The molecular weight excluding hydrogens is 419 g/mol. The number of H-pyrrole nitrogens is 1. The van der Waals surface area contributed by atoms with Gasteiger partial charge in [0.1, 0.15) is 0 Å². The minimum atomic E-state index is 0. The highest BCUT2D eigenvalue weighted by Gasteiger charge is 2.24. The SMILES string of the molecule is CN=C(NCc1ccn[nH]1)NCC1CC(=O)Nc2ccccc21.I. The lowest BCUT2D eigenvalue weighted by Gasteiger charge is -2.26. The number of aliphatic imine (C=N–C) groups is 1. The number of anilines is 1. The smallest absolute Gasteiger partial charge is 0.225 e. The zero-order chi connectivity index (χ0) is 16.1. The number of fused-ring (bicyclic) bond motifs is 1. The number of para-hydroxylation sites is 1. The van der Waals surface area contributed by atoms with E-state index in [2.05, 4.69) is 37.2 Å². The second kappa shape index (κ2) is 8.67. The van der Waals surface area contributed by atoms with Crippen LogP contribution in [0.4, 0.5) is 5.69 Å². The number of rotatable bonds is 4. The largest absolute Gasteiger partial charge is 0.356 e. The van der Waals surface area contributed by atoms with Gasteiger partial charge in [0, 0.05) is 37.8 Å². The van der Waals surface area contributed by atoms with Gasteiger partial charge in [-0.25, -0.2) is 0 Å². The molecule has 3 rings (SSSR count). The number of hydrogen-bond acceptors (Lipinski definition) is 3. The molecule has 0 saturated heterocycles. The Morgan fingerprint density at radius 2 is 2.17 bits per heavy atom. The average molecular weight is 440 g/mol. The van der Waals surface area contributed by atoms with E-state index in [1.54, 1.807) is 13.2 Å². The number of carbonyl (C=O) groups is 1. The van der Waals surface area contributed by atoms with Gasteiger partial charge in [0.15, 0.2) is 5.96 Å². The third kappa shape index (κ3) is 4.47. The number of carbonyl (C=O) groups excluding carboxylic acids is 1. The normalized spacial score (nSPS) is 16.6. The van der Waals surface area contributed by atoms with Gasteiger partial charge in [-0.1, -0.05) is 18.2 Å². The number of halogens is 1. The first-order chi connectivity index (χ1) is 11.3. The Morgan fingerprint density at radius 1 is 1.33 bits per heavy atom. The van der Waals surface area contributed by atoms with Crippen LogP contribution in [0, 0.1) is 0 Å². The van der Waals surface area contributed by atoms with Crippen LogP contribution in [-0.2, 0) is 11.3 Å². The minimum Gasteiger partial charge on any atom is -0.356 e. The predicted octanol–water partition coefficient (Wildman–Crippen LogP) is 1.82. The molecule has 1 aliphatic heterocycles. The molecular formula is C16H21IN6O. The molecule has 128 valence electrons. The zero-order valence-electron chi connectivity index (χ0n) is 13.4. The Bertz CT molecular complexity index is 700. The molecule has 1 aromatic carbocycles. The van der Waals surface area contributed by atoms with Crippen molar-refractivity contribution in [3.05, 3.63) is 47.8 Å². The lowest BCUT2D eigenvalue weighted by molar-refractivity contribution is -0.116. The monoisotopic (exact) mass is 440 g/mol. The lowest BCUT2D eigenvalue weighted by atomic mass is 9.90. The van der Waals surface area contributed by atoms with Crippen molar-refractivity contribution in [3.63, 3.8) is 0 Å². The van der Waals surface area contributed by atoms with Gasteiger partial charge in [-0.3, -0.25) is 14.9 Å². The molecule has 1 aliphatic rings. The van der Waals surface area contributed by atoms with Crippen molar-refractivity contribution in [3.8, 4) is 0 Å². The Labute approximate surface area is 157 Å². The second-order valence-corrected chi connectivity index (χ2v) is 5.43. The Morgan fingerprint density at radius 3 is 2.92 bits per heavy atom. The number of nitrogens with zero attached hydrogens (tertiary/aromatic N) is 2. The predicted molar refractivity (Wildman–Crippen MR) is 105 cm³/mol. The minimum absolute atomic E-state index is 0. The first kappa shape index (κ1) is 18.2. The summed E-state index contributed by atoms with van der Waals surface area (Å²) in [6, 6.07) is 9.82. The molecule has 8 heteroatoms. The van der Waals surface area contributed by atoms with Crippen molar-refractivity contribution in [2.45, 2.75) is 18.9 Å². The number of aromatic amines is 1. The third-order valence-corrected chi connectivity index (χ3v) is 3.85. The van der Waals surface area contributed by atoms with Gasteiger partial charge in [-0.2, -0.15) is 5.10 Å². The number of benzene rings is 1. The number of hydrogen-bond donors (Lipinski definition) is 4. The highest BCUT2D eigenvalue weighted by atomic mass is 127. The molecule has 0 saturated carbocycles. The van der Waals surface area contributed by atoms with Crippen LogP contribution in [0.2, 0.25) is 0 Å². The van der Waals surface area contributed by atoms with Gasteiger partial charge in [-0.15, -0.1) is 24.0 Å². The van der Waals surface area contributed by atoms with Gasteiger partial charge >= 0.3 is 0 Å². The maximum absolute atomic E-state index is 11.8. The third-order valence-electron chi connectivity index (χ3n) is 3.85. The Balaban J connectivity index is 0.00000208. The average Bonchev–Trinajstić information content (AvgIpc) is 3.08. The van der Waals surface area contributed by atoms with Crippen molar-refractivity contribution in [1.29, 1.82) is 0 Å². The van der Waals surface area contributed by atoms with Crippen molar-refractivity contribution >= 4 is 41.5 Å². The number of nitrogens with one attached hydrogen (secondary N) is 4. The Hall–Kier alpha value is -2.10. The quantitative estimate of drug-likeness (QED) is 0.332. The summed E-state index contributed by atoms with van der Waals surface area (Å²) in [5, 5.41) is 16.2. The van der Waals surface area contributed by atoms with E-state index in [0.717, 1.165) is 16.9 Å². The van der Waals surface area contributed by atoms with E-state index >= 15 is 0 Å². The summed E-state index contributed by atoms with van der Waals surface area (Å²) >= 11 is 0. The van der Waals surface area contributed by atoms with Gasteiger partial charge in [0.2, 0.25) is 5.91 Å². The van der Waals surface area contributed by atoms with Crippen molar-refractivity contribution in [2.24, 2.45) is 4.99 Å². The number of guanidine groups is 1. The summed E-state index contributed by atoms with van der Waals surface area (Å²) in [4.78, 5) is 16.0. The van der Waals surface area contributed by atoms with Gasteiger partial charge in [0.05, 0.1) is 12.2 Å². The maximum Gasteiger partial charge on any atom is 0.225 e. The number of aromatic nitrogens is 2. The standard InChI is InChI=1S/C16H20N6O.HI/c1-17-16(19-10-12-6-7-20-22-12)18-9-11-8-15(23)21-14-5-3-2-4-13(11)14;/h2-7,11H,8-10H2,1H3,(H,20,22)(H,21,23)(H2,17,18,19);1H. The molecule has 0 spiro atoms.